The number of hydrogen-bond donors (Lipinski definition) is 1. The van der Waals surface area contributed by atoms with E-state index >= 15 is 0 Å². The predicted octanol–water partition coefficient (Wildman–Crippen LogP) is 4.01. The Bertz CT molecular complexity index is 621. The summed E-state index contributed by atoms with van der Waals surface area (Å²) in [6.07, 6.45) is -3.54. The van der Waals surface area contributed by atoms with Gasteiger partial charge in [0.1, 0.15) is 11.6 Å². The van der Waals surface area contributed by atoms with Gasteiger partial charge in [-0.15, -0.1) is 0 Å². The summed E-state index contributed by atoms with van der Waals surface area (Å²) >= 11 is 0. The number of pyridine rings is 1. The third kappa shape index (κ3) is 3.45. The number of aryl methyl sites for hydroxylation is 1. The van der Waals surface area contributed by atoms with Gasteiger partial charge < -0.3 is 10.6 Å². The van der Waals surface area contributed by atoms with E-state index in [1.54, 1.807) is 11.9 Å². The quantitative estimate of drug-likeness (QED) is 0.930. The van der Waals surface area contributed by atoms with Crippen LogP contribution in [0.4, 0.5) is 30.5 Å². The molecular formula is C15H16F3N3. The average molecular weight is 295 g/mol. The highest BCUT2D eigenvalue weighted by Crippen LogP contribution is 2.33. The molecule has 2 N–H and O–H groups in total. The van der Waals surface area contributed by atoms with Crippen LogP contribution in [0.2, 0.25) is 0 Å². The standard InChI is InChI=1S/C15H16F3N3/c1-3-10-4-6-12(7-5-10)21(2)14-9-11(15(16,17)18)8-13(19)20-14/h4-9H,3H2,1-2H3,(H2,19,20). The number of nitrogens with zero attached hydrogens (tertiary/aromatic N) is 2. The molecule has 21 heavy (non-hydrogen) atoms. The summed E-state index contributed by atoms with van der Waals surface area (Å²) in [5, 5.41) is 0. The predicted molar refractivity (Wildman–Crippen MR) is 77.5 cm³/mol. The molecule has 0 saturated heterocycles. The SMILES string of the molecule is CCc1ccc(N(C)c2cc(C(F)(F)F)cc(N)n2)cc1. The minimum Gasteiger partial charge on any atom is -0.384 e. The van der Waals surface area contributed by atoms with Crippen molar-refractivity contribution in [1.29, 1.82) is 0 Å². The molecule has 2 aromatic rings. The van der Waals surface area contributed by atoms with Crippen LogP contribution in [0, 0.1) is 0 Å². The number of anilines is 3. The Morgan fingerprint density at radius 2 is 1.76 bits per heavy atom. The monoisotopic (exact) mass is 295 g/mol. The van der Waals surface area contributed by atoms with Crippen LogP contribution in [0.15, 0.2) is 36.4 Å². The molecule has 0 fully saturated rings. The highest BCUT2D eigenvalue weighted by Gasteiger charge is 2.31. The first-order valence-corrected chi connectivity index (χ1v) is 6.48. The van der Waals surface area contributed by atoms with Gasteiger partial charge in [0, 0.05) is 12.7 Å². The normalized spacial score (nSPS) is 11.5. The van der Waals surface area contributed by atoms with E-state index in [-0.39, 0.29) is 11.6 Å². The number of rotatable bonds is 3. The number of benzene rings is 1. The van der Waals surface area contributed by atoms with Gasteiger partial charge >= 0.3 is 6.18 Å². The van der Waals surface area contributed by atoms with E-state index < -0.39 is 11.7 Å². The molecule has 6 heteroatoms. The fourth-order valence-corrected chi connectivity index (χ4v) is 1.96. The number of alkyl halides is 3. The van der Waals surface area contributed by atoms with Crippen LogP contribution in [0.1, 0.15) is 18.1 Å². The Hall–Kier alpha value is -2.24. The molecular weight excluding hydrogens is 279 g/mol. The second kappa shape index (κ2) is 5.63. The first-order chi connectivity index (χ1) is 9.81. The van der Waals surface area contributed by atoms with Gasteiger partial charge in [0.25, 0.3) is 0 Å². The van der Waals surface area contributed by atoms with Crippen molar-refractivity contribution in [2.24, 2.45) is 0 Å². The van der Waals surface area contributed by atoms with E-state index in [0.717, 1.165) is 29.8 Å². The summed E-state index contributed by atoms with van der Waals surface area (Å²) in [7, 11) is 1.66. The minimum absolute atomic E-state index is 0.156. The van der Waals surface area contributed by atoms with E-state index in [2.05, 4.69) is 4.98 Å². The summed E-state index contributed by atoms with van der Waals surface area (Å²) in [4.78, 5) is 5.54. The average Bonchev–Trinajstić information content (AvgIpc) is 2.45. The topological polar surface area (TPSA) is 42.1 Å². The summed E-state index contributed by atoms with van der Waals surface area (Å²) in [6.45, 7) is 2.04. The number of hydrogen-bond acceptors (Lipinski definition) is 3. The molecule has 0 amide bonds. The van der Waals surface area contributed by atoms with Crippen LogP contribution < -0.4 is 10.6 Å². The molecule has 2 rings (SSSR count). The van der Waals surface area contributed by atoms with Crippen molar-refractivity contribution in [1.82, 2.24) is 4.98 Å². The molecule has 0 bridgehead atoms. The molecule has 1 aromatic heterocycles. The minimum atomic E-state index is -4.45. The molecule has 112 valence electrons. The van der Waals surface area contributed by atoms with Crippen molar-refractivity contribution in [2.75, 3.05) is 17.7 Å². The van der Waals surface area contributed by atoms with E-state index in [1.807, 2.05) is 31.2 Å². The van der Waals surface area contributed by atoms with Gasteiger partial charge in [0.15, 0.2) is 0 Å². The molecule has 0 atom stereocenters. The van der Waals surface area contributed by atoms with Crippen LogP contribution in [-0.4, -0.2) is 12.0 Å². The third-order valence-electron chi connectivity index (χ3n) is 3.23. The number of halogens is 3. The fourth-order valence-electron chi connectivity index (χ4n) is 1.96. The van der Waals surface area contributed by atoms with E-state index in [9.17, 15) is 13.2 Å². The zero-order valence-electron chi connectivity index (χ0n) is 11.8. The van der Waals surface area contributed by atoms with Crippen molar-refractivity contribution in [3.63, 3.8) is 0 Å². The molecule has 0 aliphatic carbocycles. The lowest BCUT2D eigenvalue weighted by Crippen LogP contribution is -2.15. The van der Waals surface area contributed by atoms with Gasteiger partial charge in [-0.05, 0) is 36.2 Å². The second-order valence-electron chi connectivity index (χ2n) is 4.72. The Kier molecular flexibility index (Phi) is 4.06. The van der Waals surface area contributed by atoms with Crippen molar-refractivity contribution < 1.29 is 13.2 Å². The Balaban J connectivity index is 2.38. The van der Waals surface area contributed by atoms with Crippen LogP contribution in [0.5, 0.6) is 0 Å². The maximum Gasteiger partial charge on any atom is 0.416 e. The van der Waals surface area contributed by atoms with Crippen LogP contribution in [0.25, 0.3) is 0 Å². The molecule has 0 aliphatic rings. The van der Waals surface area contributed by atoms with Gasteiger partial charge in [-0.3, -0.25) is 0 Å². The van der Waals surface area contributed by atoms with E-state index in [1.165, 1.54) is 0 Å². The van der Waals surface area contributed by atoms with Gasteiger partial charge in [0.2, 0.25) is 0 Å². The summed E-state index contributed by atoms with van der Waals surface area (Å²) in [5.41, 5.74) is 6.58. The van der Waals surface area contributed by atoms with Crippen molar-refractivity contribution in [3.8, 4) is 0 Å². The summed E-state index contributed by atoms with van der Waals surface area (Å²) in [5.74, 6) is 0.00317. The molecule has 3 nitrogen and oxygen atoms in total. The first-order valence-electron chi connectivity index (χ1n) is 6.48. The first kappa shape index (κ1) is 15.2. The summed E-state index contributed by atoms with van der Waals surface area (Å²) in [6, 6.07) is 9.38. The second-order valence-corrected chi connectivity index (χ2v) is 4.72. The Morgan fingerprint density at radius 1 is 1.14 bits per heavy atom. The molecule has 0 radical (unpaired) electrons. The largest absolute Gasteiger partial charge is 0.416 e. The zero-order valence-corrected chi connectivity index (χ0v) is 11.8. The Morgan fingerprint density at radius 3 is 2.29 bits per heavy atom. The lowest BCUT2D eigenvalue weighted by Gasteiger charge is -2.20. The molecule has 0 aliphatic heterocycles. The third-order valence-corrected chi connectivity index (χ3v) is 3.23. The van der Waals surface area contributed by atoms with Crippen LogP contribution in [-0.2, 0) is 12.6 Å². The number of nitrogen functional groups attached to an aromatic ring is 1. The Labute approximate surface area is 121 Å². The van der Waals surface area contributed by atoms with Gasteiger partial charge in [0.05, 0.1) is 5.56 Å². The highest BCUT2D eigenvalue weighted by atomic mass is 19.4. The van der Waals surface area contributed by atoms with E-state index in [4.69, 9.17) is 5.73 Å². The number of nitrogens with two attached hydrogens (primary N) is 1. The lowest BCUT2D eigenvalue weighted by atomic mass is 10.1. The smallest absolute Gasteiger partial charge is 0.384 e. The van der Waals surface area contributed by atoms with Crippen molar-refractivity contribution in [3.05, 3.63) is 47.5 Å². The van der Waals surface area contributed by atoms with Gasteiger partial charge in [-0.2, -0.15) is 13.2 Å². The fraction of sp³-hybridized carbons (Fsp3) is 0.267. The van der Waals surface area contributed by atoms with Crippen LogP contribution >= 0.6 is 0 Å². The van der Waals surface area contributed by atoms with Gasteiger partial charge in [-0.25, -0.2) is 4.98 Å². The van der Waals surface area contributed by atoms with Crippen LogP contribution in [0.3, 0.4) is 0 Å². The molecule has 1 aromatic carbocycles. The van der Waals surface area contributed by atoms with Gasteiger partial charge in [-0.1, -0.05) is 19.1 Å². The zero-order chi connectivity index (χ0) is 15.6. The van der Waals surface area contributed by atoms with Crippen molar-refractivity contribution in [2.45, 2.75) is 19.5 Å². The highest BCUT2D eigenvalue weighted by molar-refractivity contribution is 5.62. The maximum atomic E-state index is 12.8. The molecule has 0 saturated carbocycles. The van der Waals surface area contributed by atoms with E-state index in [0.29, 0.717) is 0 Å². The maximum absolute atomic E-state index is 12.8. The lowest BCUT2D eigenvalue weighted by molar-refractivity contribution is -0.137. The molecule has 0 unspecified atom stereocenters. The summed E-state index contributed by atoms with van der Waals surface area (Å²) < 4.78 is 38.4. The number of aromatic nitrogens is 1. The molecule has 0 spiro atoms. The van der Waals surface area contributed by atoms with Crippen molar-refractivity contribution >= 4 is 17.3 Å². The molecule has 1 heterocycles.